The molecule has 0 radical (unpaired) electrons. The van der Waals surface area contributed by atoms with Crippen molar-refractivity contribution >= 4 is 15.9 Å². The normalized spacial score (nSPS) is 15.8. The van der Waals surface area contributed by atoms with E-state index >= 15 is 0 Å². The fourth-order valence-corrected chi connectivity index (χ4v) is 2.85. The van der Waals surface area contributed by atoms with Gasteiger partial charge in [-0.15, -0.1) is 0 Å². The minimum absolute atomic E-state index is 0.133. The highest BCUT2D eigenvalue weighted by Crippen LogP contribution is 2.31. The molecule has 0 saturated heterocycles. The first kappa shape index (κ1) is 17.6. The number of halogens is 2. The molecule has 1 aromatic carbocycles. The Morgan fingerprint density at radius 3 is 2.55 bits per heavy atom. The second-order valence-corrected chi connectivity index (χ2v) is 6.18. The first-order valence-electron chi connectivity index (χ1n) is 7.52. The van der Waals surface area contributed by atoms with Crippen LogP contribution in [0.5, 0.6) is 0 Å². The summed E-state index contributed by atoms with van der Waals surface area (Å²) < 4.78 is 20.1. The van der Waals surface area contributed by atoms with Crippen LogP contribution in [0.4, 0.5) is 4.39 Å². The number of hydrogen-bond acceptors (Lipinski definition) is 1. The van der Waals surface area contributed by atoms with Gasteiger partial charge < -0.3 is 4.74 Å². The minimum atomic E-state index is -0.616. The zero-order chi connectivity index (χ0) is 15.0. The van der Waals surface area contributed by atoms with Crippen molar-refractivity contribution in [2.75, 3.05) is 5.33 Å². The lowest BCUT2D eigenvalue weighted by atomic mass is 9.96. The first-order valence-corrected chi connectivity index (χ1v) is 8.64. The van der Waals surface area contributed by atoms with Gasteiger partial charge in [-0.3, -0.25) is 0 Å². The van der Waals surface area contributed by atoms with E-state index < -0.39 is 5.60 Å². The molecule has 0 aliphatic carbocycles. The van der Waals surface area contributed by atoms with E-state index in [2.05, 4.69) is 29.8 Å². The van der Waals surface area contributed by atoms with E-state index in [1.807, 2.05) is 13.0 Å². The van der Waals surface area contributed by atoms with E-state index in [0.29, 0.717) is 10.9 Å². The highest BCUT2D eigenvalue weighted by Gasteiger charge is 2.31. The number of benzene rings is 1. The molecule has 0 fully saturated rings. The van der Waals surface area contributed by atoms with Crippen LogP contribution < -0.4 is 0 Å². The third-order valence-electron chi connectivity index (χ3n) is 3.62. The quantitative estimate of drug-likeness (QED) is 0.405. The maximum absolute atomic E-state index is 14.0. The SMILES string of the molecule is CCCCCCC(C)OC(C)(CBr)c1ccccc1F. The Morgan fingerprint density at radius 2 is 1.95 bits per heavy atom. The van der Waals surface area contributed by atoms with Crippen LogP contribution in [0.25, 0.3) is 0 Å². The van der Waals surface area contributed by atoms with Gasteiger partial charge in [-0.25, -0.2) is 4.39 Å². The monoisotopic (exact) mass is 344 g/mol. The van der Waals surface area contributed by atoms with E-state index in [1.165, 1.54) is 31.7 Å². The molecule has 20 heavy (non-hydrogen) atoms. The van der Waals surface area contributed by atoms with Crippen LogP contribution in [-0.4, -0.2) is 11.4 Å². The molecule has 1 aromatic rings. The molecule has 0 aliphatic rings. The molecular formula is C17H26BrFO. The van der Waals surface area contributed by atoms with Gasteiger partial charge in [0.2, 0.25) is 0 Å². The molecule has 2 unspecified atom stereocenters. The van der Waals surface area contributed by atoms with E-state index in [9.17, 15) is 4.39 Å². The van der Waals surface area contributed by atoms with E-state index in [4.69, 9.17) is 4.74 Å². The van der Waals surface area contributed by atoms with Gasteiger partial charge in [-0.1, -0.05) is 66.7 Å². The third-order valence-corrected chi connectivity index (χ3v) is 4.69. The fraction of sp³-hybridized carbons (Fsp3) is 0.647. The molecule has 2 atom stereocenters. The summed E-state index contributed by atoms with van der Waals surface area (Å²) in [5.41, 5.74) is 0.00693. The number of alkyl halides is 1. The Kier molecular flexibility index (Phi) is 7.75. The zero-order valence-corrected chi connectivity index (χ0v) is 14.4. The second-order valence-electron chi connectivity index (χ2n) is 5.62. The average molecular weight is 345 g/mol. The molecule has 0 saturated carbocycles. The Labute approximate surface area is 131 Å². The van der Waals surface area contributed by atoms with Crippen LogP contribution in [0, 0.1) is 5.82 Å². The van der Waals surface area contributed by atoms with Gasteiger partial charge in [0.1, 0.15) is 11.4 Å². The molecular weight excluding hydrogens is 319 g/mol. The molecule has 0 aliphatic heterocycles. The average Bonchev–Trinajstić information content (AvgIpc) is 2.44. The van der Waals surface area contributed by atoms with Crippen molar-refractivity contribution in [1.82, 2.24) is 0 Å². The number of ether oxygens (including phenoxy) is 1. The van der Waals surface area contributed by atoms with Gasteiger partial charge in [0, 0.05) is 10.9 Å². The maximum atomic E-state index is 14.0. The standard InChI is InChI=1S/C17H26BrFO/c1-4-5-6-7-10-14(2)20-17(3,13-18)15-11-8-9-12-16(15)19/h8-9,11-12,14H,4-7,10,13H2,1-3H3. The lowest BCUT2D eigenvalue weighted by Gasteiger charge is -2.32. The van der Waals surface area contributed by atoms with Gasteiger partial charge in [-0.05, 0) is 26.3 Å². The predicted octanol–water partition coefficient (Wildman–Crippen LogP) is 5.81. The van der Waals surface area contributed by atoms with E-state index in [0.717, 1.165) is 6.42 Å². The first-order chi connectivity index (χ1) is 9.53. The Balaban J connectivity index is 2.63. The molecule has 0 amide bonds. The molecule has 1 nitrogen and oxygen atoms in total. The highest BCUT2D eigenvalue weighted by atomic mass is 79.9. The summed E-state index contributed by atoms with van der Waals surface area (Å²) in [4.78, 5) is 0. The van der Waals surface area contributed by atoms with Gasteiger partial charge in [0.25, 0.3) is 0 Å². The Bertz CT molecular complexity index is 396. The van der Waals surface area contributed by atoms with Crippen LogP contribution in [-0.2, 0) is 10.3 Å². The molecule has 114 valence electrons. The molecule has 0 spiro atoms. The fourth-order valence-electron chi connectivity index (χ4n) is 2.42. The second kappa shape index (κ2) is 8.78. The summed E-state index contributed by atoms with van der Waals surface area (Å²) in [7, 11) is 0. The Morgan fingerprint density at radius 1 is 1.25 bits per heavy atom. The largest absolute Gasteiger partial charge is 0.367 e. The van der Waals surface area contributed by atoms with Crippen molar-refractivity contribution in [2.45, 2.75) is 64.6 Å². The number of rotatable bonds is 9. The van der Waals surface area contributed by atoms with Crippen molar-refractivity contribution < 1.29 is 9.13 Å². The summed E-state index contributed by atoms with van der Waals surface area (Å²) in [6.45, 7) is 6.23. The molecule has 0 N–H and O–H groups in total. The van der Waals surface area contributed by atoms with Gasteiger partial charge in [0.05, 0.1) is 6.10 Å². The molecule has 3 heteroatoms. The molecule has 1 rings (SSSR count). The van der Waals surface area contributed by atoms with Crippen LogP contribution in [0.1, 0.15) is 58.4 Å². The zero-order valence-electron chi connectivity index (χ0n) is 12.8. The van der Waals surface area contributed by atoms with Crippen molar-refractivity contribution in [3.05, 3.63) is 35.6 Å². The lowest BCUT2D eigenvalue weighted by Crippen LogP contribution is -2.33. The van der Waals surface area contributed by atoms with Crippen LogP contribution in [0.2, 0.25) is 0 Å². The van der Waals surface area contributed by atoms with Crippen LogP contribution >= 0.6 is 15.9 Å². The van der Waals surface area contributed by atoms with E-state index in [1.54, 1.807) is 12.1 Å². The van der Waals surface area contributed by atoms with Crippen molar-refractivity contribution in [2.24, 2.45) is 0 Å². The summed E-state index contributed by atoms with van der Waals surface area (Å²) in [5, 5.41) is 0.584. The number of unbranched alkanes of at least 4 members (excludes halogenated alkanes) is 3. The predicted molar refractivity (Wildman–Crippen MR) is 86.9 cm³/mol. The number of hydrogen-bond donors (Lipinski definition) is 0. The molecule has 0 aromatic heterocycles. The molecule has 0 bridgehead atoms. The van der Waals surface area contributed by atoms with Crippen molar-refractivity contribution in [3.8, 4) is 0 Å². The maximum Gasteiger partial charge on any atom is 0.129 e. The highest BCUT2D eigenvalue weighted by molar-refractivity contribution is 9.09. The van der Waals surface area contributed by atoms with Gasteiger partial charge in [-0.2, -0.15) is 0 Å². The van der Waals surface area contributed by atoms with E-state index in [-0.39, 0.29) is 11.9 Å². The van der Waals surface area contributed by atoms with Crippen LogP contribution in [0.15, 0.2) is 24.3 Å². The van der Waals surface area contributed by atoms with Crippen molar-refractivity contribution in [3.63, 3.8) is 0 Å². The lowest BCUT2D eigenvalue weighted by molar-refractivity contribution is -0.0694. The third kappa shape index (κ3) is 5.17. The van der Waals surface area contributed by atoms with Gasteiger partial charge >= 0.3 is 0 Å². The summed E-state index contributed by atoms with van der Waals surface area (Å²) in [6.07, 6.45) is 6.09. The summed E-state index contributed by atoms with van der Waals surface area (Å²) >= 11 is 3.47. The topological polar surface area (TPSA) is 9.23 Å². The summed E-state index contributed by atoms with van der Waals surface area (Å²) in [5.74, 6) is -0.201. The molecule has 0 heterocycles. The van der Waals surface area contributed by atoms with Crippen molar-refractivity contribution in [1.29, 1.82) is 0 Å². The Hall–Kier alpha value is -0.410. The smallest absolute Gasteiger partial charge is 0.129 e. The minimum Gasteiger partial charge on any atom is -0.367 e. The summed E-state index contributed by atoms with van der Waals surface area (Å²) in [6, 6.07) is 6.86. The van der Waals surface area contributed by atoms with Crippen LogP contribution in [0.3, 0.4) is 0 Å². The van der Waals surface area contributed by atoms with Gasteiger partial charge in [0.15, 0.2) is 0 Å².